The molecule has 1 aliphatic rings. The van der Waals surface area contributed by atoms with Gasteiger partial charge in [0, 0.05) is 24.2 Å². The highest BCUT2D eigenvalue weighted by atomic mass is 35.5. The number of nitro groups is 1. The van der Waals surface area contributed by atoms with Crippen LogP contribution in [0.15, 0.2) is 18.2 Å². The molecule has 7 heteroatoms. The highest BCUT2D eigenvalue weighted by Gasteiger charge is 2.32. The number of rotatable bonds is 5. The van der Waals surface area contributed by atoms with Gasteiger partial charge in [0.15, 0.2) is 0 Å². The van der Waals surface area contributed by atoms with Gasteiger partial charge in [-0.3, -0.25) is 14.9 Å². The molecule has 0 aliphatic heterocycles. The maximum Gasteiger partial charge on any atom is 0.273 e. The number of hydrogen-bond acceptors (Lipinski definition) is 4. The Bertz CT molecular complexity index is 516. The van der Waals surface area contributed by atoms with Crippen molar-refractivity contribution in [2.24, 2.45) is 0 Å². The molecule has 1 aromatic rings. The second-order valence-electron chi connectivity index (χ2n) is 4.46. The van der Waals surface area contributed by atoms with Gasteiger partial charge >= 0.3 is 0 Å². The monoisotopic (exact) mass is 284 g/mol. The molecule has 1 N–H and O–H groups in total. The molecule has 1 fully saturated rings. The number of non-ortho nitro benzene ring substituents is 1. The summed E-state index contributed by atoms with van der Waals surface area (Å²) in [7, 11) is 0. The zero-order valence-electron chi connectivity index (χ0n) is 10.1. The largest absolute Gasteiger partial charge is 0.507 e. The van der Waals surface area contributed by atoms with Crippen molar-refractivity contribution in [2.75, 3.05) is 5.88 Å². The Morgan fingerprint density at radius 1 is 1.53 bits per heavy atom. The minimum Gasteiger partial charge on any atom is -0.507 e. The van der Waals surface area contributed by atoms with Gasteiger partial charge in [-0.2, -0.15) is 0 Å². The quantitative estimate of drug-likeness (QED) is 0.509. The summed E-state index contributed by atoms with van der Waals surface area (Å²) in [6, 6.07) is 4.03. The number of phenols is 1. The minimum atomic E-state index is -0.577. The van der Waals surface area contributed by atoms with Crippen molar-refractivity contribution in [1.82, 2.24) is 4.90 Å². The third-order valence-corrected chi connectivity index (χ3v) is 3.27. The van der Waals surface area contributed by atoms with E-state index >= 15 is 0 Å². The molecule has 0 aromatic heterocycles. The number of aromatic hydroxyl groups is 1. The van der Waals surface area contributed by atoms with E-state index in [9.17, 15) is 20.0 Å². The molecule has 0 bridgehead atoms. The van der Waals surface area contributed by atoms with Crippen LogP contribution in [-0.2, 0) is 11.3 Å². The fraction of sp³-hybridized carbons (Fsp3) is 0.417. The minimum absolute atomic E-state index is 0.107. The Hall–Kier alpha value is -1.82. The molecule has 1 aliphatic carbocycles. The number of nitrogens with zero attached hydrogens (tertiary/aromatic N) is 2. The summed E-state index contributed by atoms with van der Waals surface area (Å²) >= 11 is 5.55. The fourth-order valence-corrected chi connectivity index (χ4v) is 2.02. The van der Waals surface area contributed by atoms with Crippen molar-refractivity contribution in [3.05, 3.63) is 33.9 Å². The van der Waals surface area contributed by atoms with Gasteiger partial charge in [0.2, 0.25) is 5.91 Å². The summed E-state index contributed by atoms with van der Waals surface area (Å²) in [5, 5.41) is 20.3. The van der Waals surface area contributed by atoms with E-state index in [1.165, 1.54) is 12.1 Å². The molecule has 0 unspecified atom stereocenters. The summed E-state index contributed by atoms with van der Waals surface area (Å²) in [4.78, 5) is 23.3. The lowest BCUT2D eigenvalue weighted by molar-refractivity contribution is -0.384. The molecule has 1 saturated carbocycles. The van der Waals surface area contributed by atoms with E-state index in [-0.39, 0.29) is 35.8 Å². The lowest BCUT2D eigenvalue weighted by Gasteiger charge is -2.21. The first-order chi connectivity index (χ1) is 9.02. The predicted molar refractivity (Wildman–Crippen MR) is 69.1 cm³/mol. The molecule has 0 saturated heterocycles. The second kappa shape index (κ2) is 5.44. The van der Waals surface area contributed by atoms with Crippen LogP contribution < -0.4 is 0 Å². The topological polar surface area (TPSA) is 83.7 Å². The maximum absolute atomic E-state index is 11.7. The van der Waals surface area contributed by atoms with Crippen LogP contribution in [0.3, 0.4) is 0 Å². The van der Waals surface area contributed by atoms with Gasteiger partial charge in [-0.05, 0) is 18.9 Å². The van der Waals surface area contributed by atoms with E-state index in [0.717, 1.165) is 18.9 Å². The molecule has 102 valence electrons. The van der Waals surface area contributed by atoms with Crippen LogP contribution in [0.25, 0.3) is 0 Å². The lowest BCUT2D eigenvalue weighted by atomic mass is 10.1. The first-order valence-electron chi connectivity index (χ1n) is 5.84. The van der Waals surface area contributed by atoms with Crippen molar-refractivity contribution < 1.29 is 14.8 Å². The van der Waals surface area contributed by atoms with Crippen molar-refractivity contribution in [3.63, 3.8) is 0 Å². The lowest BCUT2D eigenvalue weighted by Crippen LogP contribution is -2.33. The average molecular weight is 285 g/mol. The van der Waals surface area contributed by atoms with Crippen LogP contribution in [-0.4, -0.2) is 32.8 Å². The Morgan fingerprint density at radius 3 is 2.68 bits per heavy atom. The van der Waals surface area contributed by atoms with Crippen LogP contribution >= 0.6 is 11.6 Å². The SMILES string of the molecule is O=C(CCl)N(Cc1ccc([N+](=O)[O-])cc1O)C1CC1. The molecule has 0 spiro atoms. The molecule has 1 aromatic carbocycles. The number of carbonyl (C=O) groups excluding carboxylic acids is 1. The number of alkyl halides is 1. The highest BCUT2D eigenvalue weighted by molar-refractivity contribution is 6.27. The third kappa shape index (κ3) is 3.14. The molecular formula is C12H13ClN2O4. The normalized spacial score (nSPS) is 14.2. The number of amides is 1. The standard InChI is InChI=1S/C12H13ClN2O4/c13-6-12(17)14(9-3-4-9)7-8-1-2-10(15(18)19)5-11(8)16/h1-2,5,9,16H,3-4,6-7H2. The molecule has 2 rings (SSSR count). The summed E-state index contributed by atoms with van der Waals surface area (Å²) < 4.78 is 0. The molecule has 0 radical (unpaired) electrons. The Morgan fingerprint density at radius 2 is 2.21 bits per heavy atom. The number of hydrogen-bond donors (Lipinski definition) is 1. The smallest absolute Gasteiger partial charge is 0.273 e. The summed E-state index contributed by atoms with van der Waals surface area (Å²) in [6.45, 7) is 0.222. The maximum atomic E-state index is 11.7. The van der Waals surface area contributed by atoms with Crippen LogP contribution in [0.4, 0.5) is 5.69 Å². The van der Waals surface area contributed by atoms with Gasteiger partial charge in [-0.15, -0.1) is 11.6 Å². The van der Waals surface area contributed by atoms with E-state index in [1.54, 1.807) is 4.90 Å². The van der Waals surface area contributed by atoms with Crippen LogP contribution in [0.2, 0.25) is 0 Å². The van der Waals surface area contributed by atoms with E-state index in [1.807, 2.05) is 0 Å². The van der Waals surface area contributed by atoms with Crippen molar-refractivity contribution in [3.8, 4) is 5.75 Å². The highest BCUT2D eigenvalue weighted by Crippen LogP contribution is 2.31. The van der Waals surface area contributed by atoms with E-state index in [4.69, 9.17) is 11.6 Å². The van der Waals surface area contributed by atoms with E-state index in [0.29, 0.717) is 5.56 Å². The van der Waals surface area contributed by atoms with Gasteiger partial charge < -0.3 is 10.0 Å². The molecule has 0 atom stereocenters. The summed E-state index contributed by atoms with van der Waals surface area (Å²) in [5.74, 6) is -0.478. The van der Waals surface area contributed by atoms with Crippen molar-refractivity contribution in [2.45, 2.75) is 25.4 Å². The van der Waals surface area contributed by atoms with Crippen molar-refractivity contribution in [1.29, 1.82) is 0 Å². The predicted octanol–water partition coefficient (Wildman–Crippen LogP) is 2.03. The third-order valence-electron chi connectivity index (χ3n) is 3.04. The summed E-state index contributed by atoms with van der Waals surface area (Å²) in [6.07, 6.45) is 1.85. The number of benzene rings is 1. The Kier molecular flexibility index (Phi) is 3.90. The number of carbonyl (C=O) groups is 1. The fourth-order valence-electron chi connectivity index (χ4n) is 1.87. The van der Waals surface area contributed by atoms with Crippen LogP contribution in [0, 0.1) is 10.1 Å². The molecule has 1 amide bonds. The summed E-state index contributed by atoms with van der Waals surface area (Å²) in [5.41, 5.74) is 0.304. The Labute approximate surface area is 114 Å². The number of nitro benzene ring substituents is 1. The van der Waals surface area contributed by atoms with Gasteiger partial charge in [-0.1, -0.05) is 0 Å². The molecule has 0 heterocycles. The van der Waals surface area contributed by atoms with Gasteiger partial charge in [0.25, 0.3) is 5.69 Å². The van der Waals surface area contributed by atoms with E-state index < -0.39 is 4.92 Å². The van der Waals surface area contributed by atoms with E-state index in [2.05, 4.69) is 0 Å². The van der Waals surface area contributed by atoms with Gasteiger partial charge in [0.05, 0.1) is 11.0 Å². The van der Waals surface area contributed by atoms with Crippen molar-refractivity contribution >= 4 is 23.2 Å². The van der Waals surface area contributed by atoms with Crippen LogP contribution in [0.5, 0.6) is 5.75 Å². The van der Waals surface area contributed by atoms with Gasteiger partial charge in [-0.25, -0.2) is 0 Å². The molecule has 6 nitrogen and oxygen atoms in total. The first kappa shape index (κ1) is 13.6. The second-order valence-corrected chi connectivity index (χ2v) is 4.72. The zero-order valence-corrected chi connectivity index (χ0v) is 10.8. The Balaban J connectivity index is 2.17. The average Bonchev–Trinajstić information content (AvgIpc) is 3.20. The van der Waals surface area contributed by atoms with Crippen LogP contribution in [0.1, 0.15) is 18.4 Å². The molecular weight excluding hydrogens is 272 g/mol. The zero-order chi connectivity index (χ0) is 14.0. The first-order valence-corrected chi connectivity index (χ1v) is 6.38. The number of halogens is 1. The van der Waals surface area contributed by atoms with Gasteiger partial charge in [0.1, 0.15) is 11.6 Å². The number of phenolic OH excluding ortho intramolecular Hbond substituents is 1. The molecule has 19 heavy (non-hydrogen) atoms.